The molecule has 0 atom stereocenters. The van der Waals surface area contributed by atoms with Crippen LogP contribution in [0.3, 0.4) is 0 Å². The zero-order valence-corrected chi connectivity index (χ0v) is 15.7. The van der Waals surface area contributed by atoms with Gasteiger partial charge in [0.1, 0.15) is 0 Å². The van der Waals surface area contributed by atoms with Gasteiger partial charge in [0.25, 0.3) is 5.91 Å². The van der Waals surface area contributed by atoms with E-state index in [4.69, 9.17) is 0 Å². The molecule has 0 aliphatic heterocycles. The van der Waals surface area contributed by atoms with Crippen LogP contribution in [0, 0.1) is 0 Å². The summed E-state index contributed by atoms with van der Waals surface area (Å²) in [6.07, 6.45) is -2.87. The maximum Gasteiger partial charge on any atom is 0.416 e. The lowest BCUT2D eigenvalue weighted by molar-refractivity contribution is -0.137. The molecule has 6 nitrogen and oxygen atoms in total. The Hall–Kier alpha value is -3.62. The third-order valence-electron chi connectivity index (χ3n) is 4.02. The first-order valence-corrected chi connectivity index (χ1v) is 8.58. The van der Waals surface area contributed by atoms with Crippen LogP contribution in [0.2, 0.25) is 0 Å². The Morgan fingerprint density at radius 1 is 1.00 bits per heavy atom. The predicted molar refractivity (Wildman–Crippen MR) is 105 cm³/mol. The van der Waals surface area contributed by atoms with Crippen molar-refractivity contribution in [1.29, 1.82) is 0 Å². The molecular formula is C20H18F3N5O. The lowest BCUT2D eigenvalue weighted by Gasteiger charge is -2.13. The minimum atomic E-state index is -4.50. The highest BCUT2D eigenvalue weighted by molar-refractivity contribution is 6.04. The Morgan fingerprint density at radius 2 is 1.69 bits per heavy atom. The van der Waals surface area contributed by atoms with Crippen molar-refractivity contribution in [3.8, 4) is 0 Å². The first-order chi connectivity index (χ1) is 13.7. The summed E-state index contributed by atoms with van der Waals surface area (Å²) in [6, 6.07) is 12.8. The third kappa shape index (κ3) is 5.22. The molecule has 3 rings (SSSR count). The fourth-order valence-corrected chi connectivity index (χ4v) is 2.49. The Bertz CT molecular complexity index is 1000. The normalized spacial score (nSPS) is 11.1. The average molecular weight is 401 g/mol. The molecule has 29 heavy (non-hydrogen) atoms. The second kappa shape index (κ2) is 8.17. The molecule has 1 heterocycles. The van der Waals surface area contributed by atoms with E-state index in [9.17, 15) is 18.0 Å². The molecule has 3 aromatic rings. The molecule has 0 aliphatic carbocycles. The number of aromatic nitrogens is 2. The Morgan fingerprint density at radius 3 is 2.34 bits per heavy atom. The number of rotatable bonds is 5. The summed E-state index contributed by atoms with van der Waals surface area (Å²) in [7, 11) is 3.78. The number of hydrogen-bond acceptors (Lipinski definition) is 5. The smallest absolute Gasteiger partial charge is 0.376 e. The zero-order chi connectivity index (χ0) is 21.0. The van der Waals surface area contributed by atoms with E-state index in [0.717, 1.165) is 17.8 Å². The minimum absolute atomic E-state index is 0.0715. The van der Waals surface area contributed by atoms with Gasteiger partial charge in [-0.25, -0.2) is 0 Å². The van der Waals surface area contributed by atoms with Gasteiger partial charge in [-0.3, -0.25) is 4.79 Å². The molecule has 0 saturated heterocycles. The van der Waals surface area contributed by atoms with E-state index in [1.165, 1.54) is 12.1 Å². The zero-order valence-electron chi connectivity index (χ0n) is 15.7. The fraction of sp³-hybridized carbons (Fsp3) is 0.150. The molecule has 0 unspecified atom stereocenters. The van der Waals surface area contributed by atoms with Crippen molar-refractivity contribution in [2.45, 2.75) is 6.18 Å². The molecule has 9 heteroatoms. The van der Waals surface area contributed by atoms with Gasteiger partial charge >= 0.3 is 6.18 Å². The molecule has 0 spiro atoms. The lowest BCUT2D eigenvalue weighted by Crippen LogP contribution is -2.14. The second-order valence-corrected chi connectivity index (χ2v) is 6.43. The van der Waals surface area contributed by atoms with Crippen molar-refractivity contribution in [1.82, 2.24) is 10.2 Å². The first kappa shape index (κ1) is 20.1. The molecule has 2 aromatic carbocycles. The number of anilines is 4. The van der Waals surface area contributed by atoms with Gasteiger partial charge in [-0.15, -0.1) is 5.10 Å². The molecule has 2 N–H and O–H groups in total. The number of carbonyl (C=O) groups is 1. The Kier molecular flexibility index (Phi) is 5.67. The van der Waals surface area contributed by atoms with E-state index in [0.29, 0.717) is 17.2 Å². The van der Waals surface area contributed by atoms with Crippen LogP contribution < -0.4 is 15.5 Å². The van der Waals surface area contributed by atoms with Crippen LogP contribution in [-0.4, -0.2) is 30.2 Å². The van der Waals surface area contributed by atoms with Gasteiger partial charge in [-0.05, 0) is 42.5 Å². The van der Waals surface area contributed by atoms with Crippen molar-refractivity contribution < 1.29 is 18.0 Å². The number of nitrogens with one attached hydrogen (secondary N) is 2. The standard InChI is InChI=1S/C20H18F3N5O/c1-28(2)17-11-18(27-24-12-17)25-15-6-8-16(9-7-15)26-19(29)13-4-3-5-14(10-13)20(21,22)23/h3-12H,1-2H3,(H,25,27)(H,26,29). The van der Waals surface area contributed by atoms with Gasteiger partial charge in [-0.1, -0.05) is 6.07 Å². The van der Waals surface area contributed by atoms with Gasteiger partial charge in [-0.2, -0.15) is 18.3 Å². The number of halogens is 3. The van der Waals surface area contributed by atoms with Crippen molar-refractivity contribution in [3.05, 3.63) is 71.9 Å². The van der Waals surface area contributed by atoms with E-state index in [1.807, 2.05) is 25.1 Å². The minimum Gasteiger partial charge on any atom is -0.376 e. The van der Waals surface area contributed by atoms with Crippen molar-refractivity contribution >= 4 is 28.8 Å². The van der Waals surface area contributed by atoms with Crippen molar-refractivity contribution in [2.75, 3.05) is 29.6 Å². The first-order valence-electron chi connectivity index (χ1n) is 8.58. The summed E-state index contributed by atoms with van der Waals surface area (Å²) in [6.45, 7) is 0. The van der Waals surface area contributed by atoms with Crippen LogP contribution >= 0.6 is 0 Å². The van der Waals surface area contributed by atoms with Crippen LogP contribution in [-0.2, 0) is 6.18 Å². The summed E-state index contributed by atoms with van der Waals surface area (Å²) in [5.41, 5.74) is 1.11. The number of amides is 1. The maximum atomic E-state index is 12.8. The molecule has 0 radical (unpaired) electrons. The SMILES string of the molecule is CN(C)c1cnnc(Nc2ccc(NC(=O)c3cccc(C(F)(F)F)c3)cc2)c1. The van der Waals surface area contributed by atoms with Gasteiger partial charge < -0.3 is 15.5 Å². The summed E-state index contributed by atoms with van der Waals surface area (Å²) >= 11 is 0. The van der Waals surface area contributed by atoms with E-state index in [-0.39, 0.29) is 5.56 Å². The van der Waals surface area contributed by atoms with Gasteiger partial charge in [0, 0.05) is 37.1 Å². The summed E-state index contributed by atoms with van der Waals surface area (Å²) in [4.78, 5) is 14.1. The largest absolute Gasteiger partial charge is 0.416 e. The third-order valence-corrected chi connectivity index (χ3v) is 4.02. The van der Waals surface area contributed by atoms with E-state index in [2.05, 4.69) is 20.8 Å². The van der Waals surface area contributed by atoms with Gasteiger partial charge in [0.15, 0.2) is 5.82 Å². The number of hydrogen-bond donors (Lipinski definition) is 2. The van der Waals surface area contributed by atoms with Crippen LogP contribution in [0.1, 0.15) is 15.9 Å². The van der Waals surface area contributed by atoms with Crippen molar-refractivity contribution in [3.63, 3.8) is 0 Å². The lowest BCUT2D eigenvalue weighted by atomic mass is 10.1. The fourth-order valence-electron chi connectivity index (χ4n) is 2.49. The molecule has 0 aliphatic rings. The predicted octanol–water partition coefficient (Wildman–Crippen LogP) is 4.56. The molecular weight excluding hydrogens is 383 g/mol. The average Bonchev–Trinajstić information content (AvgIpc) is 2.69. The van der Waals surface area contributed by atoms with Crippen LogP contribution in [0.25, 0.3) is 0 Å². The van der Waals surface area contributed by atoms with Crippen LogP contribution in [0.5, 0.6) is 0 Å². The second-order valence-electron chi connectivity index (χ2n) is 6.43. The van der Waals surface area contributed by atoms with E-state index in [1.54, 1.807) is 30.5 Å². The monoisotopic (exact) mass is 401 g/mol. The molecule has 0 saturated carbocycles. The number of nitrogens with zero attached hydrogens (tertiary/aromatic N) is 3. The summed E-state index contributed by atoms with van der Waals surface area (Å²) < 4.78 is 38.4. The Labute approximate surface area is 165 Å². The highest BCUT2D eigenvalue weighted by Gasteiger charge is 2.30. The Balaban J connectivity index is 1.68. The molecule has 0 fully saturated rings. The maximum absolute atomic E-state index is 12.8. The summed E-state index contributed by atoms with van der Waals surface area (Å²) in [5, 5.41) is 13.6. The number of benzene rings is 2. The summed E-state index contributed by atoms with van der Waals surface area (Å²) in [5.74, 6) is -0.0710. The quantitative estimate of drug-likeness (QED) is 0.656. The van der Waals surface area contributed by atoms with Crippen LogP contribution in [0.4, 0.5) is 36.1 Å². The van der Waals surface area contributed by atoms with Crippen LogP contribution in [0.15, 0.2) is 60.8 Å². The number of carbonyl (C=O) groups excluding carboxylic acids is 1. The number of alkyl halides is 3. The highest BCUT2D eigenvalue weighted by atomic mass is 19.4. The van der Waals surface area contributed by atoms with Gasteiger partial charge in [0.05, 0.1) is 17.4 Å². The van der Waals surface area contributed by atoms with E-state index < -0.39 is 17.6 Å². The molecule has 1 aromatic heterocycles. The topological polar surface area (TPSA) is 70.2 Å². The highest BCUT2D eigenvalue weighted by Crippen LogP contribution is 2.29. The van der Waals surface area contributed by atoms with Crippen molar-refractivity contribution in [2.24, 2.45) is 0 Å². The van der Waals surface area contributed by atoms with Gasteiger partial charge in [0.2, 0.25) is 0 Å². The molecule has 150 valence electrons. The molecule has 1 amide bonds. The molecule has 0 bridgehead atoms. The van der Waals surface area contributed by atoms with E-state index >= 15 is 0 Å².